The first kappa shape index (κ1) is 12.7. The van der Waals surface area contributed by atoms with E-state index in [1.165, 1.54) is 12.0 Å². The Kier molecular flexibility index (Phi) is 3.56. The van der Waals surface area contributed by atoms with Crippen LogP contribution in [0.4, 0.5) is 0 Å². The number of hydrogen-bond acceptors (Lipinski definition) is 2. The van der Waals surface area contributed by atoms with Gasteiger partial charge in [-0.1, -0.05) is 30.3 Å². The van der Waals surface area contributed by atoms with Gasteiger partial charge in [0.25, 0.3) is 0 Å². The quantitative estimate of drug-likeness (QED) is 0.883. The van der Waals surface area contributed by atoms with Crippen LogP contribution in [-0.2, 0) is 11.3 Å². The van der Waals surface area contributed by atoms with Crippen LogP contribution in [0.3, 0.4) is 0 Å². The SMILES string of the molecule is O=C1CC[C@@]2(CCCNCC2)N1Cc1ccccc1. The molecule has 1 atom stereocenters. The van der Waals surface area contributed by atoms with Gasteiger partial charge in [0.15, 0.2) is 0 Å². The van der Waals surface area contributed by atoms with Crippen LogP contribution in [0.15, 0.2) is 30.3 Å². The zero-order valence-electron chi connectivity index (χ0n) is 11.4. The molecule has 3 nitrogen and oxygen atoms in total. The summed E-state index contributed by atoms with van der Waals surface area (Å²) in [5, 5.41) is 3.46. The van der Waals surface area contributed by atoms with E-state index in [-0.39, 0.29) is 5.54 Å². The highest BCUT2D eigenvalue weighted by Crippen LogP contribution is 2.39. The third kappa shape index (κ3) is 2.52. The van der Waals surface area contributed by atoms with Gasteiger partial charge in [-0.3, -0.25) is 4.79 Å². The molecule has 0 saturated carbocycles. The van der Waals surface area contributed by atoms with Gasteiger partial charge in [0, 0.05) is 18.5 Å². The topological polar surface area (TPSA) is 32.3 Å². The number of amides is 1. The van der Waals surface area contributed by atoms with Crippen molar-refractivity contribution >= 4 is 5.91 Å². The van der Waals surface area contributed by atoms with Crippen LogP contribution < -0.4 is 5.32 Å². The van der Waals surface area contributed by atoms with Crippen LogP contribution >= 0.6 is 0 Å². The first-order chi connectivity index (χ1) is 9.30. The molecule has 19 heavy (non-hydrogen) atoms. The number of benzene rings is 1. The van der Waals surface area contributed by atoms with Crippen molar-refractivity contribution in [2.45, 2.75) is 44.2 Å². The summed E-state index contributed by atoms with van der Waals surface area (Å²) in [6.45, 7) is 2.91. The number of carbonyl (C=O) groups excluding carboxylic acids is 1. The Hall–Kier alpha value is -1.35. The number of rotatable bonds is 2. The van der Waals surface area contributed by atoms with Crippen LogP contribution in [0.1, 0.15) is 37.7 Å². The van der Waals surface area contributed by atoms with Gasteiger partial charge in [0.05, 0.1) is 0 Å². The fourth-order valence-electron chi connectivity index (χ4n) is 3.53. The minimum Gasteiger partial charge on any atom is -0.333 e. The second kappa shape index (κ2) is 5.33. The van der Waals surface area contributed by atoms with Crippen molar-refractivity contribution in [1.29, 1.82) is 0 Å². The molecule has 0 bridgehead atoms. The fourth-order valence-corrected chi connectivity index (χ4v) is 3.53. The largest absolute Gasteiger partial charge is 0.333 e. The molecule has 0 aliphatic carbocycles. The third-order valence-corrected chi connectivity index (χ3v) is 4.62. The van der Waals surface area contributed by atoms with Gasteiger partial charge >= 0.3 is 0 Å². The monoisotopic (exact) mass is 258 g/mol. The van der Waals surface area contributed by atoms with Gasteiger partial charge in [0.2, 0.25) is 5.91 Å². The first-order valence-electron chi connectivity index (χ1n) is 7.35. The molecule has 0 radical (unpaired) electrons. The van der Waals surface area contributed by atoms with Gasteiger partial charge in [-0.25, -0.2) is 0 Å². The maximum Gasteiger partial charge on any atom is 0.223 e. The molecule has 2 fully saturated rings. The molecular weight excluding hydrogens is 236 g/mol. The van der Waals surface area contributed by atoms with Crippen LogP contribution in [0.2, 0.25) is 0 Å². The highest BCUT2D eigenvalue weighted by Gasteiger charge is 2.44. The molecule has 3 rings (SSSR count). The van der Waals surface area contributed by atoms with Crippen molar-refractivity contribution in [1.82, 2.24) is 10.2 Å². The standard InChI is InChI=1S/C16H22N2O/c19-15-7-9-16(8-4-11-17-12-10-16)18(15)13-14-5-2-1-3-6-14/h1-3,5-6,17H,4,7-13H2/t16-/m1/s1. The Bertz CT molecular complexity index is 435. The van der Waals surface area contributed by atoms with E-state index in [0.29, 0.717) is 5.91 Å². The summed E-state index contributed by atoms with van der Waals surface area (Å²) in [4.78, 5) is 14.4. The Labute approximate surface area is 115 Å². The molecule has 0 unspecified atom stereocenters. The lowest BCUT2D eigenvalue weighted by Crippen LogP contribution is -2.45. The highest BCUT2D eigenvalue weighted by atomic mass is 16.2. The van der Waals surface area contributed by atoms with Gasteiger partial charge in [-0.15, -0.1) is 0 Å². The lowest BCUT2D eigenvalue weighted by atomic mass is 9.87. The lowest BCUT2D eigenvalue weighted by molar-refractivity contribution is -0.132. The Balaban J connectivity index is 1.81. The van der Waals surface area contributed by atoms with Crippen LogP contribution in [0.25, 0.3) is 0 Å². The van der Waals surface area contributed by atoms with Gasteiger partial charge in [-0.05, 0) is 44.3 Å². The normalized spacial score (nSPS) is 27.8. The van der Waals surface area contributed by atoms with E-state index >= 15 is 0 Å². The summed E-state index contributed by atoms with van der Waals surface area (Å²) in [5.41, 5.74) is 1.37. The number of nitrogens with one attached hydrogen (secondary N) is 1. The summed E-state index contributed by atoms with van der Waals surface area (Å²) >= 11 is 0. The fraction of sp³-hybridized carbons (Fsp3) is 0.562. The van der Waals surface area contributed by atoms with Crippen LogP contribution in [0, 0.1) is 0 Å². The van der Waals surface area contributed by atoms with Gasteiger partial charge < -0.3 is 10.2 Å². The Morgan fingerprint density at radius 2 is 1.95 bits per heavy atom. The van der Waals surface area contributed by atoms with Crippen LogP contribution in [-0.4, -0.2) is 29.4 Å². The predicted molar refractivity (Wildman–Crippen MR) is 75.7 cm³/mol. The summed E-state index contributed by atoms with van der Waals surface area (Å²) in [6, 6.07) is 10.4. The predicted octanol–water partition coefficient (Wildman–Crippen LogP) is 2.32. The van der Waals surface area contributed by atoms with E-state index in [2.05, 4.69) is 34.5 Å². The molecule has 2 aliphatic heterocycles. The molecule has 1 amide bonds. The van der Waals surface area contributed by atoms with Crippen molar-refractivity contribution < 1.29 is 4.79 Å². The van der Waals surface area contributed by atoms with Crippen molar-refractivity contribution in [2.75, 3.05) is 13.1 Å². The zero-order valence-corrected chi connectivity index (χ0v) is 11.4. The molecule has 2 saturated heterocycles. The Morgan fingerprint density at radius 3 is 2.79 bits per heavy atom. The van der Waals surface area contributed by atoms with Gasteiger partial charge in [-0.2, -0.15) is 0 Å². The maximum atomic E-state index is 12.3. The molecule has 3 heteroatoms. The Morgan fingerprint density at radius 1 is 1.11 bits per heavy atom. The second-order valence-corrected chi connectivity index (χ2v) is 5.79. The smallest absolute Gasteiger partial charge is 0.223 e. The number of nitrogens with zero attached hydrogens (tertiary/aromatic N) is 1. The molecule has 1 spiro atoms. The average Bonchev–Trinajstić information content (AvgIpc) is 2.64. The minimum absolute atomic E-state index is 0.121. The lowest BCUT2D eigenvalue weighted by Gasteiger charge is -2.38. The molecule has 2 aliphatic rings. The molecule has 2 heterocycles. The van der Waals surface area contributed by atoms with E-state index < -0.39 is 0 Å². The third-order valence-electron chi connectivity index (χ3n) is 4.62. The summed E-state index contributed by atoms with van der Waals surface area (Å²) in [6.07, 6.45) is 5.20. The molecule has 1 N–H and O–H groups in total. The molecule has 0 aromatic heterocycles. The molecule has 102 valence electrons. The van der Waals surface area contributed by atoms with Gasteiger partial charge in [0.1, 0.15) is 0 Å². The maximum absolute atomic E-state index is 12.3. The molecular formula is C16H22N2O. The van der Waals surface area contributed by atoms with E-state index in [4.69, 9.17) is 0 Å². The minimum atomic E-state index is 0.121. The van der Waals surface area contributed by atoms with Crippen molar-refractivity contribution in [3.63, 3.8) is 0 Å². The van der Waals surface area contributed by atoms with Crippen molar-refractivity contribution in [2.24, 2.45) is 0 Å². The second-order valence-electron chi connectivity index (χ2n) is 5.79. The van der Waals surface area contributed by atoms with Crippen molar-refractivity contribution in [3.8, 4) is 0 Å². The van der Waals surface area contributed by atoms with Crippen molar-refractivity contribution in [3.05, 3.63) is 35.9 Å². The van der Waals surface area contributed by atoms with Crippen LogP contribution in [0.5, 0.6) is 0 Å². The number of likely N-dealkylation sites (tertiary alicyclic amines) is 1. The van der Waals surface area contributed by atoms with E-state index in [1.54, 1.807) is 0 Å². The van der Waals surface area contributed by atoms with E-state index in [9.17, 15) is 4.79 Å². The summed E-state index contributed by atoms with van der Waals surface area (Å²) in [5.74, 6) is 0.339. The highest BCUT2D eigenvalue weighted by molar-refractivity contribution is 5.79. The average molecular weight is 258 g/mol. The number of hydrogen-bond donors (Lipinski definition) is 1. The zero-order chi connectivity index (χ0) is 13.1. The number of carbonyl (C=O) groups is 1. The summed E-state index contributed by atoms with van der Waals surface area (Å²) in [7, 11) is 0. The molecule has 1 aromatic carbocycles. The first-order valence-corrected chi connectivity index (χ1v) is 7.35. The van der Waals surface area contributed by atoms with E-state index in [1.807, 2.05) is 6.07 Å². The molecule has 1 aromatic rings. The van der Waals surface area contributed by atoms with E-state index in [0.717, 1.165) is 45.3 Å². The summed E-state index contributed by atoms with van der Waals surface area (Å²) < 4.78 is 0.